The second kappa shape index (κ2) is 5.01. The van der Waals surface area contributed by atoms with Crippen molar-refractivity contribution < 1.29 is 14.6 Å². The molecule has 1 N–H and O–H groups in total. The molecule has 0 unspecified atom stereocenters. The maximum atomic E-state index is 10.8. The Hall–Kier alpha value is -2.88. The largest absolute Gasteiger partial charge is 0.478 e. The van der Waals surface area contributed by atoms with Crippen LogP contribution in [0.4, 0.5) is 0 Å². The van der Waals surface area contributed by atoms with Crippen molar-refractivity contribution >= 4 is 16.9 Å². The summed E-state index contributed by atoms with van der Waals surface area (Å²) in [4.78, 5) is 15.1. The number of nitrogens with zero attached hydrogens (tertiary/aromatic N) is 1. The molecule has 0 spiro atoms. The number of para-hydroxylation sites is 1. The molecule has 0 saturated heterocycles. The molecule has 0 aliphatic heterocycles. The fraction of sp³-hybridized carbons (Fsp3) is 0. The highest BCUT2D eigenvalue weighted by molar-refractivity contribution is 5.87. The summed E-state index contributed by atoms with van der Waals surface area (Å²) < 4.78 is 5.67. The monoisotopic (exact) mass is 265 g/mol. The Balaban J connectivity index is 1.87. The predicted molar refractivity (Wildman–Crippen MR) is 75.2 cm³/mol. The number of hydrogen-bond acceptors (Lipinski definition) is 3. The maximum Gasteiger partial charge on any atom is 0.335 e. The zero-order chi connectivity index (χ0) is 13.9. The molecule has 0 aliphatic carbocycles. The van der Waals surface area contributed by atoms with E-state index in [0.717, 1.165) is 10.9 Å². The maximum absolute atomic E-state index is 10.8. The van der Waals surface area contributed by atoms with E-state index >= 15 is 0 Å². The molecule has 0 radical (unpaired) electrons. The molecule has 0 bridgehead atoms. The van der Waals surface area contributed by atoms with Crippen molar-refractivity contribution in [2.24, 2.45) is 0 Å². The van der Waals surface area contributed by atoms with E-state index in [1.807, 2.05) is 30.3 Å². The third kappa shape index (κ3) is 2.44. The third-order valence-electron chi connectivity index (χ3n) is 2.90. The van der Waals surface area contributed by atoms with Gasteiger partial charge in [0.25, 0.3) is 0 Å². The molecule has 3 rings (SSSR count). The normalized spacial score (nSPS) is 10.4. The van der Waals surface area contributed by atoms with Gasteiger partial charge in [0.2, 0.25) is 0 Å². The first-order chi connectivity index (χ1) is 9.72. The van der Waals surface area contributed by atoms with Crippen LogP contribution < -0.4 is 4.74 Å². The molecule has 1 heterocycles. The molecule has 0 amide bonds. The van der Waals surface area contributed by atoms with Gasteiger partial charge in [0, 0.05) is 5.39 Å². The number of hydrogen-bond donors (Lipinski definition) is 1. The highest BCUT2D eigenvalue weighted by Gasteiger charge is 2.04. The molecular weight excluding hydrogens is 254 g/mol. The minimum atomic E-state index is -0.955. The van der Waals surface area contributed by atoms with Crippen molar-refractivity contribution in [3.63, 3.8) is 0 Å². The van der Waals surface area contributed by atoms with Gasteiger partial charge in [-0.1, -0.05) is 18.2 Å². The van der Waals surface area contributed by atoms with Gasteiger partial charge in [-0.05, 0) is 36.4 Å². The minimum Gasteiger partial charge on any atom is -0.478 e. The van der Waals surface area contributed by atoms with Gasteiger partial charge >= 0.3 is 5.97 Å². The Kier molecular flexibility index (Phi) is 3.05. The summed E-state index contributed by atoms with van der Waals surface area (Å²) in [6.45, 7) is 0. The number of aromatic nitrogens is 1. The predicted octanol–water partition coefficient (Wildman–Crippen LogP) is 3.73. The van der Waals surface area contributed by atoms with Gasteiger partial charge in [0.05, 0.1) is 17.3 Å². The Morgan fingerprint density at radius 3 is 2.50 bits per heavy atom. The lowest BCUT2D eigenvalue weighted by Gasteiger charge is -2.06. The van der Waals surface area contributed by atoms with E-state index < -0.39 is 5.97 Å². The molecule has 0 atom stereocenters. The van der Waals surface area contributed by atoms with E-state index in [9.17, 15) is 4.79 Å². The average molecular weight is 265 g/mol. The number of aromatic carboxylic acids is 1. The summed E-state index contributed by atoms with van der Waals surface area (Å²) >= 11 is 0. The lowest BCUT2D eigenvalue weighted by atomic mass is 10.2. The van der Waals surface area contributed by atoms with E-state index in [1.54, 1.807) is 18.3 Å². The minimum absolute atomic E-state index is 0.231. The van der Waals surface area contributed by atoms with Gasteiger partial charge in [0.1, 0.15) is 11.5 Å². The molecule has 98 valence electrons. The number of carboxylic acids is 1. The number of benzene rings is 2. The lowest BCUT2D eigenvalue weighted by Crippen LogP contribution is -1.95. The summed E-state index contributed by atoms with van der Waals surface area (Å²) in [5, 5.41) is 9.83. The first-order valence-electron chi connectivity index (χ1n) is 6.08. The van der Waals surface area contributed by atoms with Crippen molar-refractivity contribution in [1.29, 1.82) is 0 Å². The summed E-state index contributed by atoms with van der Waals surface area (Å²) in [5.41, 5.74) is 1.13. The van der Waals surface area contributed by atoms with Gasteiger partial charge < -0.3 is 9.84 Å². The number of fused-ring (bicyclic) bond motifs is 1. The van der Waals surface area contributed by atoms with E-state index in [-0.39, 0.29) is 5.56 Å². The number of carbonyl (C=O) groups is 1. The number of carboxylic acid groups (broad SMARTS) is 1. The fourth-order valence-electron chi connectivity index (χ4n) is 1.91. The molecule has 1 aromatic heterocycles. The first-order valence-corrected chi connectivity index (χ1v) is 6.08. The lowest BCUT2D eigenvalue weighted by molar-refractivity contribution is 0.0697. The molecule has 20 heavy (non-hydrogen) atoms. The van der Waals surface area contributed by atoms with Crippen LogP contribution in [0, 0.1) is 0 Å². The zero-order valence-electron chi connectivity index (χ0n) is 10.5. The van der Waals surface area contributed by atoms with Crippen LogP contribution >= 0.6 is 0 Å². The van der Waals surface area contributed by atoms with Crippen LogP contribution in [0.15, 0.2) is 60.8 Å². The summed E-state index contributed by atoms with van der Waals surface area (Å²) in [5.74, 6) is 0.239. The van der Waals surface area contributed by atoms with Gasteiger partial charge in [-0.3, -0.25) is 4.98 Å². The van der Waals surface area contributed by atoms with Crippen molar-refractivity contribution in [1.82, 2.24) is 4.98 Å². The molecule has 3 aromatic rings. The van der Waals surface area contributed by atoms with Crippen LogP contribution in [0.1, 0.15) is 10.4 Å². The standard InChI is InChI=1S/C16H11NO3/c18-16(19)11-5-7-13(8-6-11)20-14-9-12-3-1-2-4-15(12)17-10-14/h1-10H,(H,18,19). The van der Waals surface area contributed by atoms with Crippen LogP contribution in [-0.2, 0) is 0 Å². The van der Waals surface area contributed by atoms with Crippen LogP contribution in [0.5, 0.6) is 11.5 Å². The van der Waals surface area contributed by atoms with Crippen LogP contribution in [-0.4, -0.2) is 16.1 Å². The van der Waals surface area contributed by atoms with E-state index in [1.165, 1.54) is 12.1 Å². The van der Waals surface area contributed by atoms with Gasteiger partial charge in [-0.2, -0.15) is 0 Å². The second-order valence-corrected chi connectivity index (χ2v) is 4.30. The van der Waals surface area contributed by atoms with Crippen LogP contribution in [0.25, 0.3) is 10.9 Å². The smallest absolute Gasteiger partial charge is 0.335 e. The Bertz CT molecular complexity index is 766. The first kappa shape index (κ1) is 12.2. The SMILES string of the molecule is O=C(O)c1ccc(Oc2cnc3ccccc3c2)cc1. The Morgan fingerprint density at radius 1 is 1.00 bits per heavy atom. The van der Waals surface area contributed by atoms with E-state index in [0.29, 0.717) is 11.5 Å². The molecular formula is C16H11NO3. The Morgan fingerprint density at radius 2 is 1.75 bits per heavy atom. The average Bonchev–Trinajstić information content (AvgIpc) is 2.48. The number of ether oxygens (including phenoxy) is 1. The molecule has 0 fully saturated rings. The summed E-state index contributed by atoms with van der Waals surface area (Å²) in [6, 6.07) is 15.9. The van der Waals surface area contributed by atoms with E-state index in [4.69, 9.17) is 9.84 Å². The van der Waals surface area contributed by atoms with Crippen molar-refractivity contribution in [2.45, 2.75) is 0 Å². The summed E-state index contributed by atoms with van der Waals surface area (Å²) in [7, 11) is 0. The number of rotatable bonds is 3. The second-order valence-electron chi connectivity index (χ2n) is 4.30. The molecule has 4 heteroatoms. The van der Waals surface area contributed by atoms with Crippen molar-refractivity contribution in [3.05, 3.63) is 66.4 Å². The van der Waals surface area contributed by atoms with Crippen LogP contribution in [0.3, 0.4) is 0 Å². The van der Waals surface area contributed by atoms with Gasteiger partial charge in [-0.15, -0.1) is 0 Å². The molecule has 2 aromatic carbocycles. The molecule has 4 nitrogen and oxygen atoms in total. The third-order valence-corrected chi connectivity index (χ3v) is 2.90. The zero-order valence-corrected chi connectivity index (χ0v) is 10.5. The topological polar surface area (TPSA) is 59.4 Å². The molecule has 0 saturated carbocycles. The fourth-order valence-corrected chi connectivity index (χ4v) is 1.91. The summed E-state index contributed by atoms with van der Waals surface area (Å²) in [6.07, 6.45) is 1.65. The van der Waals surface area contributed by atoms with Crippen LogP contribution in [0.2, 0.25) is 0 Å². The van der Waals surface area contributed by atoms with E-state index in [2.05, 4.69) is 4.98 Å². The number of pyridine rings is 1. The Labute approximate surface area is 115 Å². The molecule has 0 aliphatic rings. The van der Waals surface area contributed by atoms with Gasteiger partial charge in [0.15, 0.2) is 0 Å². The van der Waals surface area contributed by atoms with Crippen molar-refractivity contribution in [3.8, 4) is 11.5 Å². The van der Waals surface area contributed by atoms with Crippen molar-refractivity contribution in [2.75, 3.05) is 0 Å². The highest BCUT2D eigenvalue weighted by atomic mass is 16.5. The quantitative estimate of drug-likeness (QED) is 0.784. The highest BCUT2D eigenvalue weighted by Crippen LogP contribution is 2.24. The van der Waals surface area contributed by atoms with Gasteiger partial charge in [-0.25, -0.2) is 4.79 Å².